The number of amides is 3. The summed E-state index contributed by atoms with van der Waals surface area (Å²) in [7, 11) is 1.27. The van der Waals surface area contributed by atoms with Crippen molar-refractivity contribution >= 4 is 45.4 Å². The number of carbonyl (C=O) groups is 4. The van der Waals surface area contributed by atoms with Crippen LogP contribution in [0.1, 0.15) is 66.2 Å². The Hall–Kier alpha value is -3.87. The summed E-state index contributed by atoms with van der Waals surface area (Å²) in [5.41, 5.74) is -1.24. The van der Waals surface area contributed by atoms with E-state index in [1.165, 1.54) is 23.3 Å². The van der Waals surface area contributed by atoms with Gasteiger partial charge in [0.1, 0.15) is 35.6 Å². The maximum absolute atomic E-state index is 14.4. The number of rotatable bonds is 11. The second-order valence-corrected chi connectivity index (χ2v) is 14.2. The number of ether oxygens (including phenoxy) is 4. The monoisotopic (exact) mass is 656 g/mol. The van der Waals surface area contributed by atoms with E-state index in [4.69, 9.17) is 18.9 Å². The SMILES string of the molecule is C=CC1CC1(NC(=O)C1CC(Oc2cc(OCC)nc3ccsc23)CN1C(=O)C(NC(=O)OC1CCCC1)C(C)(C)C)C(=O)OC. The first-order chi connectivity index (χ1) is 21.9. The van der Waals surface area contributed by atoms with Crippen molar-refractivity contribution in [3.8, 4) is 11.6 Å². The highest BCUT2D eigenvalue weighted by Crippen LogP contribution is 2.46. The highest BCUT2D eigenvalue weighted by molar-refractivity contribution is 7.17. The molecular formula is C33H44N4O8S. The van der Waals surface area contributed by atoms with E-state index in [0.717, 1.165) is 30.4 Å². The zero-order valence-electron chi connectivity index (χ0n) is 27.1. The molecule has 250 valence electrons. The topological polar surface area (TPSA) is 145 Å². The lowest BCUT2D eigenvalue weighted by molar-refractivity contribution is -0.148. The molecule has 1 aliphatic heterocycles. The van der Waals surface area contributed by atoms with Crippen molar-refractivity contribution in [3.63, 3.8) is 0 Å². The molecule has 13 heteroatoms. The summed E-state index contributed by atoms with van der Waals surface area (Å²) in [5.74, 6) is -0.883. The number of hydrogen-bond donors (Lipinski definition) is 2. The minimum Gasteiger partial charge on any atom is -0.487 e. The molecule has 2 N–H and O–H groups in total. The molecule has 2 aromatic heterocycles. The number of alkyl carbamates (subject to hydrolysis) is 1. The number of nitrogens with zero attached hydrogens (tertiary/aromatic N) is 2. The number of esters is 1. The molecule has 5 rings (SSSR count). The fourth-order valence-electron chi connectivity index (χ4n) is 6.38. The summed E-state index contributed by atoms with van der Waals surface area (Å²) >= 11 is 1.47. The quantitative estimate of drug-likeness (QED) is 0.266. The van der Waals surface area contributed by atoms with Gasteiger partial charge in [-0.15, -0.1) is 17.9 Å². The second kappa shape index (κ2) is 13.5. The number of likely N-dealkylation sites (tertiary alicyclic amines) is 1. The van der Waals surface area contributed by atoms with Gasteiger partial charge in [0.25, 0.3) is 0 Å². The molecule has 2 aromatic rings. The second-order valence-electron chi connectivity index (χ2n) is 13.3. The van der Waals surface area contributed by atoms with Crippen molar-refractivity contribution < 1.29 is 38.1 Å². The van der Waals surface area contributed by atoms with Crippen molar-refractivity contribution in [2.75, 3.05) is 20.3 Å². The molecule has 5 atom stereocenters. The molecule has 3 fully saturated rings. The maximum atomic E-state index is 14.4. The van der Waals surface area contributed by atoms with Crippen LogP contribution >= 0.6 is 11.3 Å². The summed E-state index contributed by atoms with van der Waals surface area (Å²) in [6.45, 7) is 11.7. The Morgan fingerprint density at radius 1 is 1.22 bits per heavy atom. The molecule has 0 radical (unpaired) electrons. The zero-order valence-corrected chi connectivity index (χ0v) is 27.9. The van der Waals surface area contributed by atoms with Crippen LogP contribution in [0.5, 0.6) is 11.6 Å². The van der Waals surface area contributed by atoms with Crippen LogP contribution < -0.4 is 20.1 Å². The van der Waals surface area contributed by atoms with Gasteiger partial charge in [0, 0.05) is 18.4 Å². The summed E-state index contributed by atoms with van der Waals surface area (Å²) in [6, 6.07) is 1.60. The van der Waals surface area contributed by atoms with Crippen LogP contribution in [0.4, 0.5) is 4.79 Å². The first-order valence-electron chi connectivity index (χ1n) is 15.9. The fourth-order valence-corrected chi connectivity index (χ4v) is 7.17. The number of hydrogen-bond acceptors (Lipinski definition) is 10. The molecule has 1 saturated heterocycles. The Morgan fingerprint density at radius 3 is 2.59 bits per heavy atom. The van der Waals surface area contributed by atoms with E-state index >= 15 is 0 Å². The van der Waals surface area contributed by atoms with Gasteiger partial charge in [-0.05, 0) is 55.9 Å². The van der Waals surface area contributed by atoms with E-state index in [-0.39, 0.29) is 25.0 Å². The van der Waals surface area contributed by atoms with E-state index < -0.39 is 53.0 Å². The zero-order chi connectivity index (χ0) is 33.2. The van der Waals surface area contributed by atoms with Gasteiger partial charge in [-0.1, -0.05) is 26.8 Å². The van der Waals surface area contributed by atoms with E-state index in [1.807, 2.05) is 39.1 Å². The molecule has 0 spiro atoms. The van der Waals surface area contributed by atoms with Crippen molar-refractivity contribution in [2.24, 2.45) is 11.3 Å². The van der Waals surface area contributed by atoms with Crippen LogP contribution in [-0.2, 0) is 23.9 Å². The number of pyridine rings is 1. The fraction of sp³-hybridized carbons (Fsp3) is 0.606. The van der Waals surface area contributed by atoms with Gasteiger partial charge < -0.3 is 34.5 Å². The number of carbonyl (C=O) groups excluding carboxylic acids is 4. The van der Waals surface area contributed by atoms with Gasteiger partial charge in [-0.2, -0.15) is 0 Å². The first kappa shape index (κ1) is 33.5. The minimum atomic E-state index is -1.24. The normalized spacial score (nSPS) is 25.1. The van der Waals surface area contributed by atoms with E-state index in [0.29, 0.717) is 30.2 Å². The largest absolute Gasteiger partial charge is 0.487 e. The van der Waals surface area contributed by atoms with Crippen molar-refractivity contribution in [3.05, 3.63) is 30.2 Å². The average Bonchev–Trinajstić information content (AvgIpc) is 3.45. The number of aromatic nitrogens is 1. The molecule has 46 heavy (non-hydrogen) atoms. The van der Waals surface area contributed by atoms with Gasteiger partial charge >= 0.3 is 12.1 Å². The Balaban J connectivity index is 1.42. The number of methoxy groups -OCH3 is 1. The van der Waals surface area contributed by atoms with Crippen LogP contribution in [0, 0.1) is 11.3 Å². The molecule has 12 nitrogen and oxygen atoms in total. The molecule has 2 aliphatic carbocycles. The van der Waals surface area contributed by atoms with Crippen molar-refractivity contribution in [1.82, 2.24) is 20.5 Å². The van der Waals surface area contributed by atoms with Crippen LogP contribution in [0.15, 0.2) is 30.2 Å². The summed E-state index contributed by atoms with van der Waals surface area (Å²) in [5, 5.41) is 7.58. The summed E-state index contributed by atoms with van der Waals surface area (Å²) in [6.07, 6.45) is 4.25. The van der Waals surface area contributed by atoms with Crippen molar-refractivity contribution in [2.45, 2.75) is 96.1 Å². The first-order valence-corrected chi connectivity index (χ1v) is 16.8. The smallest absolute Gasteiger partial charge is 0.408 e. The number of thiophene rings is 1. The molecule has 2 saturated carbocycles. The molecule has 0 aromatic carbocycles. The predicted molar refractivity (Wildman–Crippen MR) is 172 cm³/mol. The maximum Gasteiger partial charge on any atom is 0.408 e. The van der Waals surface area contributed by atoms with Crippen molar-refractivity contribution in [1.29, 1.82) is 0 Å². The van der Waals surface area contributed by atoms with Crippen LogP contribution in [-0.4, -0.2) is 83.9 Å². The Morgan fingerprint density at radius 2 is 1.96 bits per heavy atom. The Bertz CT molecular complexity index is 1480. The minimum absolute atomic E-state index is 0.0676. The van der Waals surface area contributed by atoms with E-state index in [9.17, 15) is 19.2 Å². The van der Waals surface area contributed by atoms with Crippen LogP contribution in [0.25, 0.3) is 10.2 Å². The lowest BCUT2D eigenvalue weighted by Gasteiger charge is -2.35. The van der Waals surface area contributed by atoms with Crippen LogP contribution in [0.2, 0.25) is 0 Å². The lowest BCUT2D eigenvalue weighted by atomic mass is 9.85. The molecule has 5 unspecified atom stereocenters. The molecule has 3 amide bonds. The molecule has 0 bridgehead atoms. The number of fused-ring (bicyclic) bond motifs is 1. The third-order valence-corrected chi connectivity index (χ3v) is 9.85. The van der Waals surface area contributed by atoms with E-state index in [2.05, 4.69) is 22.2 Å². The predicted octanol–water partition coefficient (Wildman–Crippen LogP) is 4.36. The summed E-state index contributed by atoms with van der Waals surface area (Å²) in [4.78, 5) is 60.0. The van der Waals surface area contributed by atoms with Gasteiger partial charge in [0.2, 0.25) is 17.7 Å². The lowest BCUT2D eigenvalue weighted by Crippen LogP contribution is -2.59. The van der Waals surface area contributed by atoms with E-state index in [1.54, 1.807) is 12.1 Å². The molecular weight excluding hydrogens is 612 g/mol. The van der Waals surface area contributed by atoms with Gasteiger partial charge in [-0.3, -0.25) is 9.59 Å². The Labute approximate surface area is 273 Å². The van der Waals surface area contributed by atoms with Crippen LogP contribution in [0.3, 0.4) is 0 Å². The number of nitrogens with one attached hydrogen (secondary N) is 2. The Kier molecular flexibility index (Phi) is 9.81. The average molecular weight is 657 g/mol. The third kappa shape index (κ3) is 6.93. The summed E-state index contributed by atoms with van der Waals surface area (Å²) < 4.78 is 23.6. The van der Waals surface area contributed by atoms with Gasteiger partial charge in [0.05, 0.1) is 30.5 Å². The highest BCUT2D eigenvalue weighted by atomic mass is 32.1. The van der Waals surface area contributed by atoms with Gasteiger partial charge in [0.15, 0.2) is 0 Å². The van der Waals surface area contributed by atoms with Gasteiger partial charge in [-0.25, -0.2) is 14.6 Å². The molecule has 3 heterocycles. The molecule has 3 aliphatic rings. The highest BCUT2D eigenvalue weighted by Gasteiger charge is 2.62. The standard InChI is InChI=1S/C33H44N4O8S/c1-7-19-17-33(19,30(40)42-6)36-28(38)23-15-21(44-24-16-25(43-8-2)34-22-13-14-46-26(22)24)18-37(23)29(39)27(32(3,4)5)35-31(41)45-20-11-9-10-12-20/h7,13-14,16,19-21,23,27H,1,8-12,15,17-18H2,2-6H3,(H,35,41)(H,36,38). The third-order valence-electron chi connectivity index (χ3n) is 8.93.